The third kappa shape index (κ3) is 3.30. The summed E-state index contributed by atoms with van der Waals surface area (Å²) in [5, 5.41) is 2.90. The minimum Gasteiger partial charge on any atom is -0.410 e. The van der Waals surface area contributed by atoms with Gasteiger partial charge in [-0.05, 0) is 42.3 Å². The number of amides is 1. The highest BCUT2D eigenvalue weighted by Gasteiger charge is 2.26. The van der Waals surface area contributed by atoms with Crippen LogP contribution in [0, 0.1) is 12.7 Å². The molecule has 0 spiro atoms. The van der Waals surface area contributed by atoms with E-state index >= 15 is 0 Å². The van der Waals surface area contributed by atoms with Gasteiger partial charge in [-0.2, -0.15) is 0 Å². The highest BCUT2D eigenvalue weighted by molar-refractivity contribution is 7.09. The monoisotopic (exact) mass is 388 g/mol. The molecule has 1 aliphatic rings. The average Bonchev–Trinajstić information content (AvgIpc) is 3.02. The van der Waals surface area contributed by atoms with Crippen LogP contribution >= 0.6 is 22.9 Å². The Balaban J connectivity index is 1.62. The van der Waals surface area contributed by atoms with Crippen molar-refractivity contribution in [3.05, 3.63) is 68.9 Å². The van der Waals surface area contributed by atoms with Crippen LogP contribution in [0.5, 0.6) is 5.75 Å². The number of benzene rings is 2. The zero-order chi connectivity index (χ0) is 18.3. The summed E-state index contributed by atoms with van der Waals surface area (Å²) in [6.07, 6.45) is -0.393. The molecule has 4 nitrogen and oxygen atoms in total. The normalized spacial score (nSPS) is 13.5. The minimum absolute atomic E-state index is 0.0885. The van der Waals surface area contributed by atoms with E-state index in [1.165, 1.54) is 23.5 Å². The third-order valence-electron chi connectivity index (χ3n) is 4.12. The number of hydrogen-bond acceptors (Lipinski definition) is 4. The molecule has 0 radical (unpaired) electrons. The fraction of sp³-hybridized carbons (Fsp3) is 0.158. The van der Waals surface area contributed by atoms with Crippen LogP contribution in [-0.2, 0) is 13.1 Å². The van der Waals surface area contributed by atoms with E-state index in [0.717, 1.165) is 21.8 Å². The van der Waals surface area contributed by atoms with Crippen molar-refractivity contribution in [3.8, 4) is 16.9 Å². The van der Waals surface area contributed by atoms with Crippen molar-refractivity contribution < 1.29 is 13.9 Å². The summed E-state index contributed by atoms with van der Waals surface area (Å²) in [6, 6.07) is 10.1. The molecule has 26 heavy (non-hydrogen) atoms. The number of hydrogen-bond donors (Lipinski definition) is 0. The Morgan fingerprint density at radius 3 is 2.77 bits per heavy atom. The lowest BCUT2D eigenvalue weighted by atomic mass is 10.0. The minimum atomic E-state index is -0.464. The van der Waals surface area contributed by atoms with Crippen molar-refractivity contribution in [2.75, 3.05) is 0 Å². The second-order valence-electron chi connectivity index (χ2n) is 6.06. The molecule has 1 aliphatic heterocycles. The van der Waals surface area contributed by atoms with Crippen LogP contribution in [-0.4, -0.2) is 16.0 Å². The lowest BCUT2D eigenvalue weighted by Gasteiger charge is -2.27. The number of aromatic nitrogens is 1. The van der Waals surface area contributed by atoms with Crippen molar-refractivity contribution in [2.45, 2.75) is 20.0 Å². The maximum Gasteiger partial charge on any atom is 0.415 e. The fourth-order valence-corrected chi connectivity index (χ4v) is 3.75. The molecule has 0 N–H and O–H groups in total. The number of aryl methyl sites for hydroxylation is 1. The topological polar surface area (TPSA) is 42.4 Å². The number of carbonyl (C=O) groups is 1. The molecular weight excluding hydrogens is 375 g/mol. The van der Waals surface area contributed by atoms with Crippen LogP contribution in [0.1, 0.15) is 16.3 Å². The molecule has 3 aromatic rings. The smallest absolute Gasteiger partial charge is 0.410 e. The maximum absolute atomic E-state index is 13.7. The molecule has 0 bridgehead atoms. The number of nitrogens with zero attached hydrogens (tertiary/aromatic N) is 2. The van der Waals surface area contributed by atoms with Gasteiger partial charge in [-0.15, -0.1) is 11.3 Å². The number of thiazole rings is 1. The van der Waals surface area contributed by atoms with Gasteiger partial charge in [0.15, 0.2) is 0 Å². The van der Waals surface area contributed by atoms with Crippen molar-refractivity contribution in [1.29, 1.82) is 0 Å². The molecular formula is C19H14ClFN2O2S. The van der Waals surface area contributed by atoms with Crippen LogP contribution in [0.3, 0.4) is 0 Å². The predicted molar refractivity (Wildman–Crippen MR) is 99.0 cm³/mol. The third-order valence-corrected chi connectivity index (χ3v) is 5.38. The van der Waals surface area contributed by atoms with Gasteiger partial charge in [0.2, 0.25) is 0 Å². The Morgan fingerprint density at radius 1 is 1.27 bits per heavy atom. The lowest BCUT2D eigenvalue weighted by Crippen LogP contribution is -2.36. The summed E-state index contributed by atoms with van der Waals surface area (Å²) in [5.41, 5.74) is 3.35. The second-order valence-corrected chi connectivity index (χ2v) is 7.41. The Bertz CT molecular complexity index is 1000. The number of carbonyl (C=O) groups excluding carboxylic acids is 1. The van der Waals surface area contributed by atoms with Crippen molar-refractivity contribution in [1.82, 2.24) is 9.88 Å². The molecule has 0 atom stereocenters. The van der Waals surface area contributed by atoms with Gasteiger partial charge >= 0.3 is 6.09 Å². The molecule has 7 heteroatoms. The first-order chi connectivity index (χ1) is 12.5. The standard InChI is InChI=1S/C19H14ClFN2O2S/c1-11-10-26-18(22-11)9-23-8-14-6-12(3-5-17(14)25-19(23)24)13-2-4-15(20)16(21)7-13/h2-7,10H,8-9H2,1H3. The van der Waals surface area contributed by atoms with Crippen molar-refractivity contribution in [2.24, 2.45) is 0 Å². The predicted octanol–water partition coefficient (Wildman–Crippen LogP) is 5.43. The number of fused-ring (bicyclic) bond motifs is 1. The summed E-state index contributed by atoms with van der Waals surface area (Å²) in [6.45, 7) is 2.73. The summed E-state index contributed by atoms with van der Waals surface area (Å²) < 4.78 is 19.2. The van der Waals surface area contributed by atoms with E-state index < -0.39 is 11.9 Å². The Hall–Kier alpha value is -2.44. The highest BCUT2D eigenvalue weighted by atomic mass is 35.5. The molecule has 0 aliphatic carbocycles. The molecule has 0 saturated heterocycles. The molecule has 2 heterocycles. The van der Waals surface area contributed by atoms with E-state index in [1.807, 2.05) is 18.4 Å². The molecule has 132 valence electrons. The maximum atomic E-state index is 13.7. The van der Waals surface area contributed by atoms with E-state index in [2.05, 4.69) is 4.98 Å². The van der Waals surface area contributed by atoms with Crippen molar-refractivity contribution in [3.63, 3.8) is 0 Å². The first-order valence-electron chi connectivity index (χ1n) is 7.96. The van der Waals surface area contributed by atoms with Gasteiger partial charge in [-0.3, -0.25) is 4.90 Å². The van der Waals surface area contributed by atoms with Gasteiger partial charge in [-0.25, -0.2) is 14.2 Å². The summed E-state index contributed by atoms with van der Waals surface area (Å²) >= 11 is 7.27. The summed E-state index contributed by atoms with van der Waals surface area (Å²) in [4.78, 5) is 18.2. The average molecular weight is 389 g/mol. The van der Waals surface area contributed by atoms with E-state index in [0.29, 0.717) is 24.4 Å². The molecule has 0 saturated carbocycles. The van der Waals surface area contributed by atoms with Crippen LogP contribution in [0.25, 0.3) is 11.1 Å². The van der Waals surface area contributed by atoms with Gasteiger partial charge < -0.3 is 4.74 Å². The Kier molecular flexibility index (Phi) is 4.38. The van der Waals surface area contributed by atoms with Gasteiger partial charge in [-0.1, -0.05) is 23.7 Å². The summed E-state index contributed by atoms with van der Waals surface area (Å²) in [7, 11) is 0. The number of ether oxygens (including phenoxy) is 1. The van der Waals surface area contributed by atoms with Crippen LogP contribution in [0.4, 0.5) is 9.18 Å². The van der Waals surface area contributed by atoms with Crippen molar-refractivity contribution >= 4 is 29.0 Å². The van der Waals surface area contributed by atoms with Gasteiger partial charge in [0, 0.05) is 16.6 Å². The molecule has 2 aromatic carbocycles. The van der Waals surface area contributed by atoms with Gasteiger partial charge in [0.1, 0.15) is 16.6 Å². The summed E-state index contributed by atoms with van der Waals surface area (Å²) in [5.74, 6) is 0.0637. The second kappa shape index (κ2) is 6.70. The lowest BCUT2D eigenvalue weighted by molar-refractivity contribution is 0.135. The van der Waals surface area contributed by atoms with E-state index in [-0.39, 0.29) is 5.02 Å². The van der Waals surface area contributed by atoms with Gasteiger partial charge in [0.05, 0.1) is 18.1 Å². The first kappa shape index (κ1) is 17.0. The SMILES string of the molecule is Cc1csc(CN2Cc3cc(-c4ccc(Cl)c(F)c4)ccc3OC2=O)n1. The quantitative estimate of drug-likeness (QED) is 0.601. The zero-order valence-corrected chi connectivity index (χ0v) is 15.4. The Labute approximate surface area is 158 Å². The molecule has 4 rings (SSSR count). The van der Waals surface area contributed by atoms with E-state index in [1.54, 1.807) is 23.1 Å². The van der Waals surface area contributed by atoms with E-state index in [9.17, 15) is 9.18 Å². The fourth-order valence-electron chi connectivity index (χ4n) is 2.85. The molecule has 0 fully saturated rings. The highest BCUT2D eigenvalue weighted by Crippen LogP contribution is 2.32. The number of rotatable bonds is 3. The molecule has 1 amide bonds. The van der Waals surface area contributed by atoms with Crippen LogP contribution < -0.4 is 4.74 Å². The zero-order valence-electron chi connectivity index (χ0n) is 13.8. The Morgan fingerprint density at radius 2 is 2.04 bits per heavy atom. The largest absolute Gasteiger partial charge is 0.415 e. The van der Waals surface area contributed by atoms with Gasteiger partial charge in [0.25, 0.3) is 0 Å². The first-order valence-corrected chi connectivity index (χ1v) is 9.21. The number of halogens is 2. The van der Waals surface area contributed by atoms with Crippen LogP contribution in [0.2, 0.25) is 5.02 Å². The molecule has 1 aromatic heterocycles. The molecule has 0 unspecified atom stereocenters. The van der Waals surface area contributed by atoms with E-state index in [4.69, 9.17) is 16.3 Å². The van der Waals surface area contributed by atoms with Crippen LogP contribution in [0.15, 0.2) is 41.8 Å².